The number of unbranched alkanes of at least 4 members (excludes halogenated alkanes) is 7. The first-order chi connectivity index (χ1) is 9.91. The second kappa shape index (κ2) is 16.2. The molecule has 0 aliphatic rings. The van der Waals surface area contributed by atoms with Gasteiger partial charge >= 0.3 is 0 Å². The zero-order valence-electron chi connectivity index (χ0n) is 14.6. The topological polar surface area (TPSA) is 61.6 Å². The summed E-state index contributed by atoms with van der Waals surface area (Å²) in [5.74, 6) is -0.193. The van der Waals surface area contributed by atoms with Gasteiger partial charge in [-0.2, -0.15) is 0 Å². The molecule has 0 heterocycles. The van der Waals surface area contributed by atoms with Gasteiger partial charge in [0, 0.05) is 5.75 Å². The Bertz CT molecular complexity index is 282. The summed E-state index contributed by atoms with van der Waals surface area (Å²) in [6, 6.07) is 0. The monoisotopic (exact) mass is 323 g/mol. The smallest absolute Gasteiger partial charge is 0.0945 e. The van der Waals surface area contributed by atoms with E-state index in [0.29, 0.717) is 6.42 Å². The van der Waals surface area contributed by atoms with Crippen molar-refractivity contribution in [2.45, 2.75) is 79.1 Å². The van der Waals surface area contributed by atoms with Crippen molar-refractivity contribution in [3.8, 4) is 0 Å². The Morgan fingerprint density at radius 2 is 1.10 bits per heavy atom. The highest BCUT2D eigenvalue weighted by Crippen LogP contribution is 2.08. The standard InChI is InChI=1S/C10H22O3S.C6H15N/c1-2-3-4-5-6-7-8-9-10-14(11,12)13;1-4-7(5-2)6-3/h2-10H2,1H3,(H,11,12,13);4-6H2,1-3H3. The van der Waals surface area contributed by atoms with Crippen LogP contribution in [0.15, 0.2) is 0 Å². The lowest BCUT2D eigenvalue weighted by Gasteiger charge is -2.10. The Morgan fingerprint density at radius 1 is 0.714 bits per heavy atom. The van der Waals surface area contributed by atoms with Crippen molar-refractivity contribution in [1.82, 2.24) is 0 Å². The van der Waals surface area contributed by atoms with Crippen molar-refractivity contribution in [2.75, 3.05) is 25.4 Å². The normalized spacial score (nSPS) is 11.3. The molecule has 5 heteroatoms. The minimum atomic E-state index is -3.98. The van der Waals surface area contributed by atoms with Gasteiger partial charge in [0.15, 0.2) is 0 Å². The molecule has 0 aliphatic heterocycles. The number of nitrogens with one attached hydrogen (secondary N) is 1. The summed E-state index contributed by atoms with van der Waals surface area (Å²) in [5, 5.41) is 0. The van der Waals surface area contributed by atoms with Crippen molar-refractivity contribution in [3.05, 3.63) is 0 Å². The zero-order valence-corrected chi connectivity index (χ0v) is 15.4. The Morgan fingerprint density at radius 3 is 1.38 bits per heavy atom. The largest absolute Gasteiger partial charge is 0.748 e. The van der Waals surface area contributed by atoms with Crippen molar-refractivity contribution in [2.24, 2.45) is 0 Å². The molecule has 21 heavy (non-hydrogen) atoms. The maximum absolute atomic E-state index is 10.2. The predicted octanol–water partition coefficient (Wildman–Crippen LogP) is 2.60. The van der Waals surface area contributed by atoms with Crippen LogP contribution in [0.5, 0.6) is 0 Å². The molecule has 0 saturated heterocycles. The van der Waals surface area contributed by atoms with Gasteiger partial charge in [0.05, 0.1) is 29.8 Å². The van der Waals surface area contributed by atoms with Crippen molar-refractivity contribution < 1.29 is 17.9 Å². The summed E-state index contributed by atoms with van der Waals surface area (Å²) >= 11 is 0. The van der Waals surface area contributed by atoms with Crippen LogP contribution in [0.25, 0.3) is 0 Å². The molecule has 4 nitrogen and oxygen atoms in total. The summed E-state index contributed by atoms with van der Waals surface area (Å²) in [5.41, 5.74) is 0. The number of quaternary nitrogens is 1. The SMILES string of the molecule is CCCCCCCCCCS(=O)(=O)[O-].CC[NH+](CC)CC. The average Bonchev–Trinajstić information content (AvgIpc) is 2.43. The minimum absolute atomic E-state index is 0.193. The van der Waals surface area contributed by atoms with Crippen LogP contribution in [-0.4, -0.2) is 38.4 Å². The molecule has 0 spiro atoms. The van der Waals surface area contributed by atoms with Gasteiger partial charge in [-0.3, -0.25) is 0 Å². The van der Waals surface area contributed by atoms with Gasteiger partial charge in [-0.05, 0) is 27.2 Å². The van der Waals surface area contributed by atoms with Crippen LogP contribution in [0.2, 0.25) is 0 Å². The molecule has 0 atom stereocenters. The fourth-order valence-corrected chi connectivity index (χ4v) is 2.72. The van der Waals surface area contributed by atoms with E-state index in [4.69, 9.17) is 0 Å². The fourth-order valence-electron chi connectivity index (χ4n) is 2.16. The first kappa shape index (κ1) is 23.1. The van der Waals surface area contributed by atoms with E-state index in [1.165, 1.54) is 51.7 Å². The van der Waals surface area contributed by atoms with Crippen LogP contribution in [0.4, 0.5) is 0 Å². The number of rotatable bonds is 12. The second-order valence-electron chi connectivity index (χ2n) is 5.55. The van der Waals surface area contributed by atoms with Gasteiger partial charge in [0.1, 0.15) is 0 Å². The molecule has 0 fully saturated rings. The molecule has 0 aromatic rings. The Labute approximate surface area is 133 Å². The molecule has 0 bridgehead atoms. The lowest BCUT2D eigenvalue weighted by molar-refractivity contribution is -0.894. The number of hydrogen-bond donors (Lipinski definition) is 1. The van der Waals surface area contributed by atoms with E-state index in [9.17, 15) is 13.0 Å². The van der Waals surface area contributed by atoms with Crippen LogP contribution in [-0.2, 0) is 10.1 Å². The third-order valence-electron chi connectivity index (χ3n) is 3.75. The first-order valence-corrected chi connectivity index (χ1v) is 10.3. The van der Waals surface area contributed by atoms with Gasteiger partial charge < -0.3 is 9.45 Å². The lowest BCUT2D eigenvalue weighted by atomic mass is 10.1. The lowest BCUT2D eigenvalue weighted by Crippen LogP contribution is -3.11. The van der Waals surface area contributed by atoms with Crippen LogP contribution >= 0.6 is 0 Å². The molecule has 0 aromatic carbocycles. The molecule has 0 unspecified atom stereocenters. The fraction of sp³-hybridized carbons (Fsp3) is 1.00. The molecule has 1 N–H and O–H groups in total. The maximum Gasteiger partial charge on any atom is 0.0945 e. The number of hydrogen-bond acceptors (Lipinski definition) is 3. The summed E-state index contributed by atoms with van der Waals surface area (Å²) < 4.78 is 30.7. The van der Waals surface area contributed by atoms with Crippen molar-refractivity contribution >= 4 is 10.1 Å². The zero-order chi connectivity index (χ0) is 16.6. The Hall–Kier alpha value is -0.130. The molecule has 0 aliphatic carbocycles. The van der Waals surface area contributed by atoms with E-state index >= 15 is 0 Å². The highest BCUT2D eigenvalue weighted by atomic mass is 32.2. The molecule has 130 valence electrons. The Kier molecular flexibility index (Phi) is 17.9. The molecule has 0 aromatic heterocycles. The van der Waals surface area contributed by atoms with Gasteiger partial charge in [0.2, 0.25) is 0 Å². The Balaban J connectivity index is 0. The van der Waals surface area contributed by atoms with E-state index in [1.54, 1.807) is 4.90 Å². The predicted molar refractivity (Wildman–Crippen MR) is 89.8 cm³/mol. The van der Waals surface area contributed by atoms with E-state index in [2.05, 4.69) is 27.7 Å². The minimum Gasteiger partial charge on any atom is -0.748 e. The second-order valence-corrected chi connectivity index (χ2v) is 7.07. The summed E-state index contributed by atoms with van der Waals surface area (Å²) in [7, 11) is -3.98. The molecule has 0 rings (SSSR count). The molecular formula is C16H37NO3S. The van der Waals surface area contributed by atoms with Gasteiger partial charge in [-0.15, -0.1) is 0 Å². The average molecular weight is 324 g/mol. The van der Waals surface area contributed by atoms with Crippen molar-refractivity contribution in [1.29, 1.82) is 0 Å². The van der Waals surface area contributed by atoms with Gasteiger partial charge in [-0.25, -0.2) is 8.42 Å². The van der Waals surface area contributed by atoms with E-state index < -0.39 is 10.1 Å². The van der Waals surface area contributed by atoms with Crippen LogP contribution in [0.3, 0.4) is 0 Å². The van der Waals surface area contributed by atoms with Crippen LogP contribution < -0.4 is 4.90 Å². The van der Waals surface area contributed by atoms with E-state index in [-0.39, 0.29) is 5.75 Å². The highest BCUT2D eigenvalue weighted by Gasteiger charge is 1.95. The first-order valence-electron chi connectivity index (χ1n) is 8.68. The molecule has 0 radical (unpaired) electrons. The maximum atomic E-state index is 10.2. The van der Waals surface area contributed by atoms with E-state index in [1.807, 2.05) is 0 Å². The molecule has 0 saturated carbocycles. The summed E-state index contributed by atoms with van der Waals surface area (Å²) in [6.07, 6.45) is 8.66. The van der Waals surface area contributed by atoms with Crippen LogP contribution in [0.1, 0.15) is 79.1 Å². The van der Waals surface area contributed by atoms with Gasteiger partial charge in [-0.1, -0.05) is 51.9 Å². The van der Waals surface area contributed by atoms with Crippen molar-refractivity contribution in [3.63, 3.8) is 0 Å². The molecule has 0 amide bonds. The third kappa shape index (κ3) is 22.3. The third-order valence-corrected chi connectivity index (χ3v) is 4.54. The summed E-state index contributed by atoms with van der Waals surface area (Å²) in [4.78, 5) is 1.68. The van der Waals surface area contributed by atoms with E-state index in [0.717, 1.165) is 12.8 Å². The summed E-state index contributed by atoms with van der Waals surface area (Å²) in [6.45, 7) is 12.7. The van der Waals surface area contributed by atoms with Crippen LogP contribution in [0, 0.1) is 0 Å². The van der Waals surface area contributed by atoms with Gasteiger partial charge in [0.25, 0.3) is 0 Å². The highest BCUT2D eigenvalue weighted by molar-refractivity contribution is 7.85. The molecular weight excluding hydrogens is 286 g/mol. The quantitative estimate of drug-likeness (QED) is 0.443.